The molecule has 0 aliphatic heterocycles. The number of anilines is 1. The number of ether oxygens (including phenoxy) is 1. The summed E-state index contributed by atoms with van der Waals surface area (Å²) in [6.45, 7) is 0.0437. The molecule has 9 heteroatoms. The van der Waals surface area contributed by atoms with Gasteiger partial charge in [0.15, 0.2) is 0 Å². The molecule has 36 heavy (non-hydrogen) atoms. The Morgan fingerprint density at radius 1 is 0.944 bits per heavy atom. The van der Waals surface area contributed by atoms with E-state index in [9.17, 15) is 13.2 Å². The summed E-state index contributed by atoms with van der Waals surface area (Å²) in [7, 11) is -2.30. The van der Waals surface area contributed by atoms with E-state index in [2.05, 4.69) is 15.5 Å². The third kappa shape index (κ3) is 5.76. The van der Waals surface area contributed by atoms with Crippen molar-refractivity contribution in [3.05, 3.63) is 120 Å². The van der Waals surface area contributed by atoms with E-state index >= 15 is 0 Å². The molecule has 0 aliphatic carbocycles. The summed E-state index contributed by atoms with van der Waals surface area (Å²) in [5.41, 5.74) is 4.29. The molecule has 0 radical (unpaired) electrons. The van der Waals surface area contributed by atoms with Gasteiger partial charge in [0, 0.05) is 17.3 Å². The Labute approximate surface area is 209 Å². The SMILES string of the molecule is COc1ccccc1C=NNC(=O)c1ccc(CN(c2ccccn2)S(=O)(=O)c2ccccc2)cc1. The Bertz CT molecular complexity index is 1440. The summed E-state index contributed by atoms with van der Waals surface area (Å²) < 4.78 is 33.3. The van der Waals surface area contributed by atoms with Gasteiger partial charge in [-0.3, -0.25) is 4.79 Å². The molecule has 8 nitrogen and oxygen atoms in total. The number of sulfonamides is 1. The maximum atomic E-state index is 13.4. The quantitative estimate of drug-likeness (QED) is 0.274. The number of para-hydroxylation sites is 1. The molecular formula is C27H24N4O4S. The fourth-order valence-corrected chi connectivity index (χ4v) is 4.86. The van der Waals surface area contributed by atoms with Crippen molar-refractivity contribution < 1.29 is 17.9 Å². The van der Waals surface area contributed by atoms with Crippen LogP contribution in [0.25, 0.3) is 0 Å². The predicted octanol–water partition coefficient (Wildman–Crippen LogP) is 4.25. The minimum absolute atomic E-state index is 0.0437. The first-order valence-corrected chi connectivity index (χ1v) is 12.5. The van der Waals surface area contributed by atoms with Crippen LogP contribution in [0.5, 0.6) is 5.75 Å². The highest BCUT2D eigenvalue weighted by atomic mass is 32.2. The topological polar surface area (TPSA) is 101 Å². The van der Waals surface area contributed by atoms with Gasteiger partial charge in [0.05, 0.1) is 24.8 Å². The minimum Gasteiger partial charge on any atom is -0.496 e. The highest BCUT2D eigenvalue weighted by Gasteiger charge is 2.26. The number of aromatic nitrogens is 1. The number of rotatable bonds is 9. The largest absolute Gasteiger partial charge is 0.496 e. The third-order valence-corrected chi connectivity index (χ3v) is 7.05. The summed E-state index contributed by atoms with van der Waals surface area (Å²) in [5.74, 6) is 0.544. The van der Waals surface area contributed by atoms with E-state index in [-0.39, 0.29) is 11.4 Å². The first kappa shape index (κ1) is 24.6. The molecule has 0 unspecified atom stereocenters. The number of nitrogens with zero attached hydrogens (tertiary/aromatic N) is 3. The van der Waals surface area contributed by atoms with Crippen LogP contribution in [0.2, 0.25) is 0 Å². The molecule has 0 atom stereocenters. The number of benzene rings is 3. The van der Waals surface area contributed by atoms with Crippen molar-refractivity contribution in [1.29, 1.82) is 0 Å². The van der Waals surface area contributed by atoms with Gasteiger partial charge in [0.1, 0.15) is 11.6 Å². The monoisotopic (exact) mass is 500 g/mol. The molecule has 0 bridgehead atoms. The minimum atomic E-state index is -3.86. The second kappa shape index (κ2) is 11.3. The lowest BCUT2D eigenvalue weighted by Crippen LogP contribution is -2.31. The molecule has 0 fully saturated rings. The molecule has 0 saturated heterocycles. The summed E-state index contributed by atoms with van der Waals surface area (Å²) in [6.07, 6.45) is 3.05. The number of hydrogen-bond acceptors (Lipinski definition) is 6. The van der Waals surface area contributed by atoms with E-state index < -0.39 is 15.9 Å². The smallest absolute Gasteiger partial charge is 0.271 e. The van der Waals surface area contributed by atoms with Crippen molar-refractivity contribution in [2.45, 2.75) is 11.4 Å². The zero-order valence-corrected chi connectivity index (χ0v) is 20.3. The van der Waals surface area contributed by atoms with Crippen LogP contribution in [0.1, 0.15) is 21.5 Å². The van der Waals surface area contributed by atoms with E-state index in [1.165, 1.54) is 10.5 Å². The first-order chi connectivity index (χ1) is 17.5. The third-order valence-electron chi connectivity index (χ3n) is 5.29. The van der Waals surface area contributed by atoms with Crippen LogP contribution in [0.15, 0.2) is 113 Å². The number of methoxy groups -OCH3 is 1. The van der Waals surface area contributed by atoms with Crippen molar-refractivity contribution in [2.75, 3.05) is 11.4 Å². The lowest BCUT2D eigenvalue weighted by atomic mass is 10.1. The number of carbonyl (C=O) groups is 1. The number of nitrogens with one attached hydrogen (secondary N) is 1. The van der Waals surface area contributed by atoms with Crippen LogP contribution in [-0.2, 0) is 16.6 Å². The number of amides is 1. The Kier molecular flexibility index (Phi) is 7.72. The van der Waals surface area contributed by atoms with Gasteiger partial charge in [0.25, 0.3) is 15.9 Å². The second-order valence-electron chi connectivity index (χ2n) is 7.65. The fraction of sp³-hybridized carbons (Fsp3) is 0.0741. The Morgan fingerprint density at radius 2 is 1.64 bits per heavy atom. The molecule has 4 aromatic rings. The number of pyridine rings is 1. The van der Waals surface area contributed by atoms with Crippen LogP contribution in [0.3, 0.4) is 0 Å². The Hall–Kier alpha value is -4.50. The highest BCUT2D eigenvalue weighted by molar-refractivity contribution is 7.92. The summed E-state index contributed by atoms with van der Waals surface area (Å²) in [4.78, 5) is 16.9. The second-order valence-corrected chi connectivity index (χ2v) is 9.51. The maximum absolute atomic E-state index is 13.4. The summed E-state index contributed by atoms with van der Waals surface area (Å²) >= 11 is 0. The van der Waals surface area contributed by atoms with E-state index in [1.54, 1.807) is 92.2 Å². The molecule has 0 aliphatic rings. The van der Waals surface area contributed by atoms with E-state index in [0.717, 1.165) is 5.56 Å². The van der Waals surface area contributed by atoms with E-state index in [0.29, 0.717) is 22.7 Å². The van der Waals surface area contributed by atoms with E-state index in [1.807, 2.05) is 18.2 Å². The van der Waals surface area contributed by atoms with Crippen molar-refractivity contribution in [3.8, 4) is 5.75 Å². The lowest BCUT2D eigenvalue weighted by molar-refractivity contribution is 0.0955. The normalized spacial score (nSPS) is 11.2. The van der Waals surface area contributed by atoms with Crippen molar-refractivity contribution in [3.63, 3.8) is 0 Å². The first-order valence-electron chi connectivity index (χ1n) is 11.0. The molecule has 182 valence electrons. The van der Waals surface area contributed by atoms with Crippen molar-refractivity contribution >= 4 is 28.0 Å². The zero-order chi connectivity index (χ0) is 25.4. The van der Waals surface area contributed by atoms with Crippen LogP contribution in [-0.4, -0.2) is 32.6 Å². The number of hydrazone groups is 1. The van der Waals surface area contributed by atoms with Gasteiger partial charge in [-0.1, -0.05) is 48.5 Å². The molecule has 0 saturated carbocycles. The zero-order valence-electron chi connectivity index (χ0n) is 19.5. The molecule has 1 N–H and O–H groups in total. The molecule has 1 amide bonds. The molecule has 1 heterocycles. The molecule has 1 aromatic heterocycles. The van der Waals surface area contributed by atoms with Gasteiger partial charge < -0.3 is 4.74 Å². The summed E-state index contributed by atoms with van der Waals surface area (Å²) in [6, 6.07) is 27.2. The van der Waals surface area contributed by atoms with Gasteiger partial charge in [-0.25, -0.2) is 23.1 Å². The number of carbonyl (C=O) groups excluding carboxylic acids is 1. The average molecular weight is 501 g/mol. The van der Waals surface area contributed by atoms with Crippen molar-refractivity contribution in [2.24, 2.45) is 5.10 Å². The Morgan fingerprint density at radius 3 is 2.33 bits per heavy atom. The van der Waals surface area contributed by atoms with Gasteiger partial charge in [-0.2, -0.15) is 5.10 Å². The van der Waals surface area contributed by atoms with Gasteiger partial charge >= 0.3 is 0 Å². The van der Waals surface area contributed by atoms with Gasteiger partial charge in [0.2, 0.25) is 0 Å². The van der Waals surface area contributed by atoms with Crippen LogP contribution in [0.4, 0.5) is 5.82 Å². The maximum Gasteiger partial charge on any atom is 0.271 e. The summed E-state index contributed by atoms with van der Waals surface area (Å²) in [5, 5.41) is 4.00. The molecule has 3 aromatic carbocycles. The fourth-order valence-electron chi connectivity index (χ4n) is 3.44. The van der Waals surface area contributed by atoms with E-state index in [4.69, 9.17) is 4.74 Å². The van der Waals surface area contributed by atoms with Crippen LogP contribution in [0, 0.1) is 0 Å². The predicted molar refractivity (Wildman–Crippen MR) is 139 cm³/mol. The van der Waals surface area contributed by atoms with Crippen LogP contribution < -0.4 is 14.5 Å². The van der Waals surface area contributed by atoms with Crippen LogP contribution >= 0.6 is 0 Å². The molecule has 0 spiro atoms. The van der Waals surface area contributed by atoms with Gasteiger partial charge in [-0.15, -0.1) is 0 Å². The van der Waals surface area contributed by atoms with Crippen molar-refractivity contribution in [1.82, 2.24) is 10.4 Å². The Balaban J connectivity index is 1.50. The van der Waals surface area contributed by atoms with Gasteiger partial charge in [-0.05, 0) is 54.1 Å². The highest BCUT2D eigenvalue weighted by Crippen LogP contribution is 2.24. The lowest BCUT2D eigenvalue weighted by Gasteiger charge is -2.23. The number of hydrogen-bond donors (Lipinski definition) is 1. The standard InChI is InChI=1S/C27H24N4O4S/c1-35-25-12-6-5-9-23(25)19-29-30-27(32)22-16-14-21(15-17-22)20-31(26-13-7-8-18-28-26)36(33,34)24-10-3-2-4-11-24/h2-19H,20H2,1H3,(H,30,32). The molecular weight excluding hydrogens is 476 g/mol. The average Bonchev–Trinajstić information content (AvgIpc) is 2.93. The molecule has 4 rings (SSSR count).